The van der Waals surface area contributed by atoms with Crippen molar-refractivity contribution in [2.24, 2.45) is 0 Å². The van der Waals surface area contributed by atoms with Crippen LogP contribution in [0.25, 0.3) is 0 Å². The van der Waals surface area contributed by atoms with Crippen LogP contribution in [0.4, 0.5) is 0 Å². The molecule has 3 rings (SSSR count). The molecule has 1 N–H and O–H groups in total. The van der Waals surface area contributed by atoms with Gasteiger partial charge in [-0.15, -0.1) is 10.2 Å². The first-order valence-electron chi connectivity index (χ1n) is 7.82. The van der Waals surface area contributed by atoms with Gasteiger partial charge in [0.25, 0.3) is 0 Å². The highest BCUT2D eigenvalue weighted by molar-refractivity contribution is 6.30. The predicted octanol–water partition coefficient (Wildman–Crippen LogP) is 2.06. The largest absolute Gasteiger partial charge is 0.387 e. The fourth-order valence-corrected chi connectivity index (χ4v) is 3.04. The standard InChI is InChI=1S/C16H21ClN4O2/c1-2-21-11-18-19-16(21)15-10-20(6-7-23-15)9-14(22)12-4-3-5-13(17)8-12/h3-5,8,11,14-15,22H,2,6-7,9-10H2,1H3/t14-,15+/m0/s1. The van der Waals surface area contributed by atoms with Crippen LogP contribution in [0.3, 0.4) is 0 Å². The normalized spacial score (nSPS) is 20.6. The van der Waals surface area contributed by atoms with Crippen molar-refractivity contribution >= 4 is 11.6 Å². The van der Waals surface area contributed by atoms with E-state index in [1.807, 2.05) is 16.7 Å². The third-order valence-electron chi connectivity index (χ3n) is 4.09. The molecular weight excluding hydrogens is 316 g/mol. The summed E-state index contributed by atoms with van der Waals surface area (Å²) in [6.45, 7) is 5.50. The lowest BCUT2D eigenvalue weighted by Gasteiger charge is -2.33. The number of aromatic nitrogens is 3. The summed E-state index contributed by atoms with van der Waals surface area (Å²) >= 11 is 5.99. The van der Waals surface area contributed by atoms with E-state index in [2.05, 4.69) is 22.0 Å². The monoisotopic (exact) mass is 336 g/mol. The minimum Gasteiger partial charge on any atom is -0.387 e. The zero-order chi connectivity index (χ0) is 16.2. The maximum absolute atomic E-state index is 10.4. The summed E-state index contributed by atoms with van der Waals surface area (Å²) in [5, 5.41) is 19.2. The molecule has 0 spiro atoms. The molecule has 124 valence electrons. The van der Waals surface area contributed by atoms with Crippen LogP contribution in [0.5, 0.6) is 0 Å². The molecular formula is C16H21ClN4O2. The molecule has 2 aromatic rings. The van der Waals surface area contributed by atoms with E-state index >= 15 is 0 Å². The zero-order valence-electron chi connectivity index (χ0n) is 13.1. The van der Waals surface area contributed by atoms with E-state index in [9.17, 15) is 5.11 Å². The SMILES string of the molecule is CCn1cnnc1[C@H]1CN(C[C@H](O)c2cccc(Cl)c2)CCO1. The topological polar surface area (TPSA) is 63.4 Å². The van der Waals surface area contributed by atoms with Crippen LogP contribution in [-0.2, 0) is 11.3 Å². The molecule has 0 aliphatic carbocycles. The Morgan fingerprint density at radius 1 is 1.48 bits per heavy atom. The predicted molar refractivity (Wildman–Crippen MR) is 87.2 cm³/mol. The summed E-state index contributed by atoms with van der Waals surface area (Å²) < 4.78 is 7.82. The van der Waals surface area contributed by atoms with Crippen molar-refractivity contribution in [2.45, 2.75) is 25.7 Å². The Bertz CT molecular complexity index is 649. The van der Waals surface area contributed by atoms with Gasteiger partial charge in [-0.1, -0.05) is 23.7 Å². The highest BCUT2D eigenvalue weighted by Gasteiger charge is 2.27. The van der Waals surface area contributed by atoms with Crippen LogP contribution in [0.15, 0.2) is 30.6 Å². The number of morpholine rings is 1. The number of hydrogen-bond acceptors (Lipinski definition) is 5. The third kappa shape index (κ3) is 3.90. The van der Waals surface area contributed by atoms with Crippen LogP contribution in [0, 0.1) is 0 Å². The van der Waals surface area contributed by atoms with Crippen molar-refractivity contribution in [3.05, 3.63) is 47.0 Å². The number of β-amino-alcohol motifs (C(OH)–C–C–N with tert-alkyl or cyclic N) is 1. The van der Waals surface area contributed by atoms with Crippen LogP contribution in [-0.4, -0.2) is 51.0 Å². The molecule has 2 atom stereocenters. The minimum absolute atomic E-state index is 0.113. The van der Waals surface area contributed by atoms with Gasteiger partial charge in [0, 0.05) is 31.2 Å². The molecule has 1 aromatic heterocycles. The van der Waals surface area contributed by atoms with Crippen molar-refractivity contribution < 1.29 is 9.84 Å². The van der Waals surface area contributed by atoms with Gasteiger partial charge in [0.2, 0.25) is 0 Å². The smallest absolute Gasteiger partial charge is 0.163 e. The van der Waals surface area contributed by atoms with Crippen molar-refractivity contribution in [1.29, 1.82) is 0 Å². The first-order valence-corrected chi connectivity index (χ1v) is 8.20. The number of hydrogen-bond donors (Lipinski definition) is 1. The molecule has 23 heavy (non-hydrogen) atoms. The highest BCUT2D eigenvalue weighted by Crippen LogP contribution is 2.23. The number of aliphatic hydroxyl groups excluding tert-OH is 1. The minimum atomic E-state index is -0.573. The van der Waals surface area contributed by atoms with E-state index in [4.69, 9.17) is 16.3 Å². The van der Waals surface area contributed by atoms with Gasteiger partial charge in [-0.25, -0.2) is 0 Å². The van der Waals surface area contributed by atoms with Gasteiger partial charge in [0.05, 0.1) is 12.7 Å². The van der Waals surface area contributed by atoms with E-state index in [1.54, 1.807) is 18.5 Å². The van der Waals surface area contributed by atoms with E-state index in [0.29, 0.717) is 24.7 Å². The molecule has 1 aliphatic heterocycles. The van der Waals surface area contributed by atoms with E-state index in [1.165, 1.54) is 0 Å². The Hall–Kier alpha value is -1.47. The van der Waals surface area contributed by atoms with Gasteiger partial charge < -0.3 is 14.4 Å². The molecule has 0 amide bonds. The second kappa shape index (κ2) is 7.40. The lowest BCUT2D eigenvalue weighted by Crippen LogP contribution is -2.41. The molecule has 2 heterocycles. The summed E-state index contributed by atoms with van der Waals surface area (Å²) in [6, 6.07) is 7.35. The molecule has 0 bridgehead atoms. The molecule has 6 nitrogen and oxygen atoms in total. The van der Waals surface area contributed by atoms with Crippen LogP contribution in [0.2, 0.25) is 5.02 Å². The van der Waals surface area contributed by atoms with Crippen molar-refractivity contribution in [3.63, 3.8) is 0 Å². The molecule has 1 saturated heterocycles. The summed E-state index contributed by atoms with van der Waals surface area (Å²) in [5.74, 6) is 0.842. The van der Waals surface area contributed by atoms with E-state index < -0.39 is 6.10 Å². The Balaban J connectivity index is 1.65. The van der Waals surface area contributed by atoms with Crippen molar-refractivity contribution in [1.82, 2.24) is 19.7 Å². The summed E-state index contributed by atoms with van der Waals surface area (Å²) in [7, 11) is 0. The average Bonchev–Trinajstić information content (AvgIpc) is 3.04. The lowest BCUT2D eigenvalue weighted by molar-refractivity contribution is -0.0476. The maximum atomic E-state index is 10.4. The molecule has 0 radical (unpaired) electrons. The molecule has 0 saturated carbocycles. The highest BCUT2D eigenvalue weighted by atomic mass is 35.5. The fourth-order valence-electron chi connectivity index (χ4n) is 2.85. The number of aliphatic hydroxyl groups is 1. The molecule has 0 unspecified atom stereocenters. The number of halogens is 1. The van der Waals surface area contributed by atoms with Crippen LogP contribution < -0.4 is 0 Å². The zero-order valence-corrected chi connectivity index (χ0v) is 13.9. The molecule has 1 fully saturated rings. The molecule has 1 aromatic carbocycles. The van der Waals surface area contributed by atoms with E-state index in [0.717, 1.165) is 24.5 Å². The molecule has 7 heteroatoms. The summed E-state index contributed by atoms with van der Waals surface area (Å²) in [6.07, 6.45) is 1.03. The van der Waals surface area contributed by atoms with Gasteiger partial charge in [0.1, 0.15) is 12.4 Å². The Morgan fingerprint density at radius 3 is 3.13 bits per heavy atom. The van der Waals surface area contributed by atoms with Crippen molar-refractivity contribution in [3.8, 4) is 0 Å². The average molecular weight is 337 g/mol. The Labute approximate surface area is 140 Å². The number of ether oxygens (including phenoxy) is 1. The van der Waals surface area contributed by atoms with Crippen molar-refractivity contribution in [2.75, 3.05) is 26.2 Å². The number of rotatable bonds is 5. The second-order valence-corrected chi connectivity index (χ2v) is 6.10. The van der Waals surface area contributed by atoms with Gasteiger partial charge in [-0.2, -0.15) is 0 Å². The fraction of sp³-hybridized carbons (Fsp3) is 0.500. The number of benzene rings is 1. The maximum Gasteiger partial charge on any atom is 0.163 e. The third-order valence-corrected chi connectivity index (χ3v) is 4.32. The van der Waals surface area contributed by atoms with Gasteiger partial charge in [-0.05, 0) is 24.6 Å². The lowest BCUT2D eigenvalue weighted by atomic mass is 10.1. The number of nitrogens with zero attached hydrogens (tertiary/aromatic N) is 4. The van der Waals surface area contributed by atoms with Gasteiger partial charge in [0.15, 0.2) is 5.82 Å². The first-order chi connectivity index (χ1) is 11.2. The molecule has 1 aliphatic rings. The van der Waals surface area contributed by atoms with Crippen LogP contribution >= 0.6 is 11.6 Å². The van der Waals surface area contributed by atoms with E-state index in [-0.39, 0.29) is 6.10 Å². The second-order valence-electron chi connectivity index (χ2n) is 5.66. The Morgan fingerprint density at radius 2 is 2.35 bits per heavy atom. The van der Waals surface area contributed by atoms with Crippen LogP contribution in [0.1, 0.15) is 30.5 Å². The quantitative estimate of drug-likeness (QED) is 0.905. The van der Waals surface area contributed by atoms with Gasteiger partial charge >= 0.3 is 0 Å². The Kier molecular flexibility index (Phi) is 5.27. The van der Waals surface area contributed by atoms with Gasteiger partial charge in [-0.3, -0.25) is 4.90 Å². The summed E-state index contributed by atoms with van der Waals surface area (Å²) in [5.41, 5.74) is 0.831. The first kappa shape index (κ1) is 16.4. The number of aryl methyl sites for hydroxylation is 1. The summed E-state index contributed by atoms with van der Waals surface area (Å²) in [4.78, 5) is 2.19.